The molecule has 3 aromatic rings. The number of hydrogen-bond donors (Lipinski definition) is 3. The van der Waals surface area contributed by atoms with Crippen molar-refractivity contribution < 1.29 is 18.7 Å². The number of nitrogens with one attached hydrogen (secondary N) is 1. The Morgan fingerprint density at radius 3 is 2.97 bits per heavy atom. The number of aromatic nitrogens is 3. The first kappa shape index (κ1) is 19.1. The fourth-order valence-electron chi connectivity index (χ4n) is 3.71. The molecule has 1 aliphatic rings. The van der Waals surface area contributed by atoms with Gasteiger partial charge in [0.05, 0.1) is 12.6 Å². The Morgan fingerprint density at radius 2 is 2.17 bits per heavy atom. The van der Waals surface area contributed by atoms with Gasteiger partial charge in [0.2, 0.25) is 0 Å². The molecule has 0 radical (unpaired) electrons. The number of rotatable bonds is 5. The average molecular weight is 402 g/mol. The zero-order chi connectivity index (χ0) is 20.5. The molecule has 10 heteroatoms. The summed E-state index contributed by atoms with van der Waals surface area (Å²) in [5.41, 5.74) is 6.52. The van der Waals surface area contributed by atoms with Crippen LogP contribution >= 0.6 is 0 Å². The van der Waals surface area contributed by atoms with Crippen molar-refractivity contribution in [1.29, 1.82) is 0 Å². The van der Waals surface area contributed by atoms with E-state index in [-0.39, 0.29) is 41.8 Å². The van der Waals surface area contributed by atoms with E-state index < -0.39 is 17.5 Å². The molecule has 2 aromatic heterocycles. The second kappa shape index (κ2) is 7.63. The van der Waals surface area contributed by atoms with E-state index in [0.29, 0.717) is 18.8 Å². The van der Waals surface area contributed by atoms with Gasteiger partial charge in [-0.15, -0.1) is 5.10 Å². The Bertz CT molecular complexity index is 1070. The molecule has 1 amide bonds. The highest BCUT2D eigenvalue weighted by molar-refractivity contribution is 6.04. The van der Waals surface area contributed by atoms with E-state index in [4.69, 9.17) is 10.8 Å². The number of fused-ring (bicyclic) bond motifs is 1. The molecule has 1 fully saturated rings. The highest BCUT2D eigenvalue weighted by Gasteiger charge is 2.30. The third kappa shape index (κ3) is 3.46. The van der Waals surface area contributed by atoms with Crippen LogP contribution in [-0.4, -0.2) is 45.3 Å². The molecule has 1 atom stereocenters. The molecule has 8 nitrogen and oxygen atoms in total. The Kier molecular flexibility index (Phi) is 5.01. The minimum Gasteiger partial charge on any atom is -0.395 e. The van der Waals surface area contributed by atoms with E-state index in [1.807, 2.05) is 4.90 Å². The van der Waals surface area contributed by atoms with Crippen LogP contribution in [0.1, 0.15) is 34.8 Å². The largest absolute Gasteiger partial charge is 0.395 e. The molecule has 1 saturated heterocycles. The third-order valence-electron chi connectivity index (χ3n) is 4.99. The number of carbonyl (C=O) groups excluding carboxylic acids is 1. The van der Waals surface area contributed by atoms with E-state index in [2.05, 4.69) is 15.4 Å². The van der Waals surface area contributed by atoms with Crippen molar-refractivity contribution in [3.8, 4) is 0 Å². The smallest absolute Gasteiger partial charge is 0.259 e. The zero-order valence-electron chi connectivity index (χ0n) is 15.5. The summed E-state index contributed by atoms with van der Waals surface area (Å²) in [6.07, 6.45) is 3.06. The predicted molar refractivity (Wildman–Crippen MR) is 102 cm³/mol. The van der Waals surface area contributed by atoms with Gasteiger partial charge in [-0.25, -0.2) is 18.3 Å². The molecule has 3 heterocycles. The van der Waals surface area contributed by atoms with Gasteiger partial charge in [-0.1, -0.05) is 0 Å². The first-order valence-corrected chi connectivity index (χ1v) is 9.25. The van der Waals surface area contributed by atoms with Crippen LogP contribution in [0.5, 0.6) is 0 Å². The molecule has 0 unspecified atom stereocenters. The monoisotopic (exact) mass is 402 g/mol. The quantitative estimate of drug-likeness (QED) is 0.599. The molecule has 4 N–H and O–H groups in total. The minimum absolute atomic E-state index is 0.0132. The normalized spacial score (nSPS) is 16.5. The van der Waals surface area contributed by atoms with Crippen LogP contribution < -0.4 is 16.0 Å². The van der Waals surface area contributed by atoms with Crippen molar-refractivity contribution in [3.05, 3.63) is 53.2 Å². The minimum atomic E-state index is -0.497. The maximum Gasteiger partial charge on any atom is 0.259 e. The van der Waals surface area contributed by atoms with Crippen molar-refractivity contribution >= 4 is 23.2 Å². The van der Waals surface area contributed by atoms with Crippen LogP contribution in [0.3, 0.4) is 0 Å². The summed E-state index contributed by atoms with van der Waals surface area (Å²) < 4.78 is 29.4. The number of anilines is 2. The standard InChI is InChI=1S/C19H20F2N6O2/c20-11-3-4-13(21)12(10-11)14-2-1-7-26(14)15-5-8-27-18(24-15)16(17(22)25-27)19(29)23-6-9-28/h3-5,8,10,14,28H,1-2,6-7,9H2,(H2,22,25)(H,23,29)/t14-/m1/s1. The SMILES string of the molecule is Nc1nn2ccc(N3CCC[C@@H]3c3cc(F)ccc3F)nc2c1C(=O)NCCO. The van der Waals surface area contributed by atoms with Crippen molar-refractivity contribution in [2.24, 2.45) is 0 Å². The maximum atomic E-state index is 14.3. The van der Waals surface area contributed by atoms with E-state index in [9.17, 15) is 13.6 Å². The molecule has 0 spiro atoms. The van der Waals surface area contributed by atoms with Crippen LogP contribution in [0.15, 0.2) is 30.5 Å². The predicted octanol–water partition coefficient (Wildman–Crippen LogP) is 1.65. The Hall–Kier alpha value is -3.27. The number of benzene rings is 1. The first-order chi connectivity index (χ1) is 14.0. The summed E-state index contributed by atoms with van der Waals surface area (Å²) in [6, 6.07) is 4.76. The number of nitrogens with two attached hydrogens (primary N) is 1. The van der Waals surface area contributed by atoms with Crippen molar-refractivity contribution in [2.45, 2.75) is 18.9 Å². The zero-order valence-corrected chi connectivity index (χ0v) is 15.5. The third-order valence-corrected chi connectivity index (χ3v) is 4.99. The van der Waals surface area contributed by atoms with Gasteiger partial charge in [0.25, 0.3) is 5.91 Å². The van der Waals surface area contributed by atoms with Crippen molar-refractivity contribution in [2.75, 3.05) is 30.3 Å². The van der Waals surface area contributed by atoms with Gasteiger partial charge < -0.3 is 21.1 Å². The highest BCUT2D eigenvalue weighted by atomic mass is 19.1. The van der Waals surface area contributed by atoms with E-state index in [1.54, 1.807) is 12.3 Å². The average Bonchev–Trinajstić information content (AvgIpc) is 3.31. The fourth-order valence-corrected chi connectivity index (χ4v) is 3.71. The lowest BCUT2D eigenvalue weighted by Crippen LogP contribution is -2.27. The number of aliphatic hydroxyl groups excluding tert-OH is 1. The molecule has 1 aliphatic heterocycles. The highest BCUT2D eigenvalue weighted by Crippen LogP contribution is 2.37. The van der Waals surface area contributed by atoms with E-state index in [0.717, 1.165) is 18.6 Å². The lowest BCUT2D eigenvalue weighted by molar-refractivity contribution is 0.0947. The number of nitrogens with zero attached hydrogens (tertiary/aromatic N) is 4. The summed E-state index contributed by atoms with van der Waals surface area (Å²) in [7, 11) is 0. The number of halogens is 2. The van der Waals surface area contributed by atoms with E-state index in [1.165, 1.54) is 10.6 Å². The maximum absolute atomic E-state index is 14.3. The van der Waals surface area contributed by atoms with Gasteiger partial charge in [-0.05, 0) is 37.1 Å². The van der Waals surface area contributed by atoms with Gasteiger partial charge in [0.1, 0.15) is 23.0 Å². The van der Waals surface area contributed by atoms with Gasteiger partial charge >= 0.3 is 0 Å². The van der Waals surface area contributed by atoms with Gasteiger partial charge in [-0.3, -0.25) is 4.79 Å². The van der Waals surface area contributed by atoms with Crippen LogP contribution in [0, 0.1) is 11.6 Å². The second-order valence-corrected chi connectivity index (χ2v) is 6.81. The van der Waals surface area contributed by atoms with Crippen molar-refractivity contribution in [3.63, 3.8) is 0 Å². The summed E-state index contributed by atoms with van der Waals surface area (Å²) in [4.78, 5) is 18.8. The lowest BCUT2D eigenvalue weighted by atomic mass is 10.0. The molecule has 1 aromatic carbocycles. The molecule has 29 heavy (non-hydrogen) atoms. The summed E-state index contributed by atoms with van der Waals surface area (Å²) >= 11 is 0. The molecular formula is C19H20F2N6O2. The van der Waals surface area contributed by atoms with Gasteiger partial charge in [0, 0.05) is 24.8 Å². The molecule has 0 bridgehead atoms. The summed E-state index contributed by atoms with van der Waals surface area (Å²) in [5, 5.41) is 15.5. The van der Waals surface area contributed by atoms with Crippen LogP contribution in [-0.2, 0) is 0 Å². The summed E-state index contributed by atoms with van der Waals surface area (Å²) in [5.74, 6) is -0.936. The first-order valence-electron chi connectivity index (χ1n) is 9.25. The number of nitrogen functional groups attached to an aromatic ring is 1. The number of amides is 1. The second-order valence-electron chi connectivity index (χ2n) is 6.81. The van der Waals surface area contributed by atoms with Crippen molar-refractivity contribution in [1.82, 2.24) is 19.9 Å². The molecule has 152 valence electrons. The topological polar surface area (TPSA) is 109 Å². The Labute approximate surface area is 164 Å². The fraction of sp³-hybridized carbons (Fsp3) is 0.316. The molecule has 0 saturated carbocycles. The number of carbonyl (C=O) groups is 1. The molecule has 0 aliphatic carbocycles. The Balaban J connectivity index is 1.73. The summed E-state index contributed by atoms with van der Waals surface area (Å²) in [6.45, 7) is 0.472. The lowest BCUT2D eigenvalue weighted by Gasteiger charge is -2.26. The number of hydrogen-bond acceptors (Lipinski definition) is 6. The van der Waals surface area contributed by atoms with E-state index >= 15 is 0 Å². The van der Waals surface area contributed by atoms with Crippen LogP contribution in [0.4, 0.5) is 20.4 Å². The van der Waals surface area contributed by atoms with Gasteiger partial charge in [0.15, 0.2) is 11.5 Å². The van der Waals surface area contributed by atoms with Crippen LogP contribution in [0.25, 0.3) is 5.65 Å². The Morgan fingerprint density at radius 1 is 1.34 bits per heavy atom. The molecular weight excluding hydrogens is 382 g/mol. The molecule has 4 rings (SSSR count). The number of aliphatic hydroxyl groups is 1. The van der Waals surface area contributed by atoms with Gasteiger partial charge in [-0.2, -0.15) is 0 Å². The van der Waals surface area contributed by atoms with Crippen LogP contribution in [0.2, 0.25) is 0 Å².